The number of unbranched alkanes of at least 4 members (excludes halogenated alkanes) is 2. The summed E-state index contributed by atoms with van der Waals surface area (Å²) in [6, 6.07) is 20.3. The van der Waals surface area contributed by atoms with Crippen molar-refractivity contribution < 1.29 is 38.5 Å². The highest BCUT2D eigenvalue weighted by molar-refractivity contribution is 7.81. The van der Waals surface area contributed by atoms with Crippen molar-refractivity contribution >= 4 is 75.3 Å². The number of anilines is 2. The Morgan fingerprint density at radius 3 is 2.32 bits per heavy atom. The second-order valence-electron chi connectivity index (χ2n) is 18.5. The summed E-state index contributed by atoms with van der Waals surface area (Å²) >= 11 is 13.6. The number of amides is 4. The number of nitrogens with one attached hydrogen (secondary N) is 2. The average Bonchev–Trinajstić information content (AvgIpc) is 3.97. The predicted molar refractivity (Wildman–Crippen MR) is 266 cm³/mol. The van der Waals surface area contributed by atoms with Crippen LogP contribution in [0.3, 0.4) is 0 Å². The van der Waals surface area contributed by atoms with Gasteiger partial charge in [0.25, 0.3) is 5.91 Å². The summed E-state index contributed by atoms with van der Waals surface area (Å²) in [4.78, 5) is 63.9. The van der Waals surface area contributed by atoms with E-state index in [1.54, 1.807) is 34.4 Å². The van der Waals surface area contributed by atoms with Crippen molar-refractivity contribution in [3.8, 4) is 22.3 Å². The standard InChI is InChI=1S/C50H60ClN7O8S2/c1-32-43(68-31-54-32)34-13-11-33(12-14-34)28-53-45(61)41-26-38(59)29-56(41)46(62)44(49(2,3)4)55-42(60)30-65-23-10-22-64-21-8-7-9-24-66-39-19-17-36(18-20-39)58-48(67)57(47(63)50(58,5)6)37-16-15-35(27-52)40(51)25-37/h11-20,25,31,38,41,44,59H,7-10,21-24,26,28-30H2,1-6H3,(H,53,61)(H,55,60)/t38-,41+,44?/m1/s1. The number of ether oxygens (including phenoxy) is 3. The molecule has 4 amide bonds. The fourth-order valence-electron chi connectivity index (χ4n) is 8.07. The molecule has 0 saturated carbocycles. The van der Waals surface area contributed by atoms with Crippen molar-refractivity contribution in [1.82, 2.24) is 20.5 Å². The summed E-state index contributed by atoms with van der Waals surface area (Å²) in [5, 5.41) is 26.1. The van der Waals surface area contributed by atoms with Gasteiger partial charge in [0.1, 0.15) is 36.0 Å². The number of aromatic nitrogens is 1. The zero-order chi connectivity index (χ0) is 49.2. The van der Waals surface area contributed by atoms with Crippen LogP contribution in [0.25, 0.3) is 10.4 Å². The molecule has 2 aliphatic rings. The molecule has 1 aromatic heterocycles. The van der Waals surface area contributed by atoms with E-state index >= 15 is 0 Å². The number of hydrogen-bond donors (Lipinski definition) is 3. The molecule has 3 atom stereocenters. The number of aliphatic hydroxyl groups is 1. The van der Waals surface area contributed by atoms with Gasteiger partial charge in [-0.3, -0.25) is 24.1 Å². The van der Waals surface area contributed by atoms with Crippen LogP contribution in [0.1, 0.15) is 83.5 Å². The number of hydrogen-bond acceptors (Lipinski definition) is 12. The van der Waals surface area contributed by atoms with Crippen LogP contribution in [-0.2, 0) is 35.2 Å². The maximum Gasteiger partial charge on any atom is 0.259 e. The zero-order valence-electron chi connectivity index (χ0n) is 39.4. The minimum absolute atomic E-state index is 0.0118. The van der Waals surface area contributed by atoms with Gasteiger partial charge >= 0.3 is 0 Å². The number of thiazole rings is 1. The number of β-amino-alcohol motifs (C(OH)–C–C–N with tert-alkyl or cyclic N) is 1. The van der Waals surface area contributed by atoms with E-state index in [2.05, 4.69) is 15.6 Å². The molecule has 4 aromatic rings. The van der Waals surface area contributed by atoms with Gasteiger partial charge in [-0.05, 0) is 118 Å². The highest BCUT2D eigenvalue weighted by Gasteiger charge is 2.50. The second-order valence-corrected chi connectivity index (χ2v) is 20.1. The molecule has 362 valence electrons. The van der Waals surface area contributed by atoms with Gasteiger partial charge in [0.2, 0.25) is 17.7 Å². The first-order chi connectivity index (χ1) is 32.4. The van der Waals surface area contributed by atoms with Crippen LogP contribution in [0, 0.1) is 23.7 Å². The van der Waals surface area contributed by atoms with Gasteiger partial charge in [-0.1, -0.05) is 56.6 Å². The summed E-state index contributed by atoms with van der Waals surface area (Å²) < 4.78 is 17.3. The lowest BCUT2D eigenvalue weighted by molar-refractivity contribution is -0.144. The molecule has 2 aliphatic heterocycles. The number of carbonyl (C=O) groups excluding carboxylic acids is 4. The molecule has 2 saturated heterocycles. The van der Waals surface area contributed by atoms with Gasteiger partial charge in [-0.2, -0.15) is 5.26 Å². The quantitative estimate of drug-likeness (QED) is 0.0558. The number of likely N-dealkylation sites (tertiary alicyclic amines) is 1. The Balaban J connectivity index is 0.841. The van der Waals surface area contributed by atoms with Crippen molar-refractivity contribution in [3.63, 3.8) is 0 Å². The maximum absolute atomic E-state index is 13.9. The molecule has 0 radical (unpaired) electrons. The Kier molecular flexibility index (Phi) is 17.7. The minimum atomic E-state index is -0.960. The van der Waals surface area contributed by atoms with Gasteiger partial charge in [0.05, 0.1) is 45.1 Å². The fourth-order valence-corrected chi connectivity index (χ4v) is 9.62. The molecule has 3 N–H and O–H groups in total. The van der Waals surface area contributed by atoms with Gasteiger partial charge in [-0.25, -0.2) is 4.98 Å². The SMILES string of the molecule is Cc1ncsc1-c1ccc(CNC(=O)[C@@H]2C[C@@H](O)CN2C(=O)C(NC(=O)COCCCOCCCCCOc2ccc(N3C(=S)N(c4ccc(C#N)c(Cl)c4)C(=O)C3(C)C)cc2)C(C)(C)C)cc1. The van der Waals surface area contributed by atoms with E-state index in [0.29, 0.717) is 55.0 Å². The minimum Gasteiger partial charge on any atom is -0.494 e. The Labute approximate surface area is 412 Å². The molecule has 0 aliphatic carbocycles. The molecule has 2 fully saturated rings. The first-order valence-corrected chi connectivity index (χ1v) is 24.4. The van der Waals surface area contributed by atoms with Gasteiger partial charge in [0.15, 0.2) is 5.11 Å². The van der Waals surface area contributed by atoms with Crippen molar-refractivity contribution in [2.24, 2.45) is 5.41 Å². The number of thiocarbonyl (C=S) groups is 1. The third-order valence-corrected chi connectivity index (χ3v) is 13.5. The third kappa shape index (κ3) is 12.8. The van der Waals surface area contributed by atoms with E-state index in [1.807, 2.05) is 102 Å². The number of carbonyl (C=O) groups is 4. The summed E-state index contributed by atoms with van der Waals surface area (Å²) in [6.07, 6.45) is 2.40. The van der Waals surface area contributed by atoms with Crippen LogP contribution in [0.5, 0.6) is 5.75 Å². The number of aryl methyl sites for hydroxylation is 1. The van der Waals surface area contributed by atoms with Gasteiger partial charge < -0.3 is 39.8 Å². The molecule has 6 rings (SSSR count). The largest absolute Gasteiger partial charge is 0.494 e. The smallest absolute Gasteiger partial charge is 0.259 e. The second kappa shape index (κ2) is 23.2. The summed E-state index contributed by atoms with van der Waals surface area (Å²) in [7, 11) is 0. The molecular weight excluding hydrogens is 926 g/mol. The lowest BCUT2D eigenvalue weighted by Gasteiger charge is -2.35. The van der Waals surface area contributed by atoms with E-state index in [1.165, 1.54) is 9.80 Å². The molecule has 1 unspecified atom stereocenters. The Morgan fingerprint density at radius 2 is 1.66 bits per heavy atom. The first-order valence-electron chi connectivity index (χ1n) is 22.7. The Hall–Kier alpha value is -5.48. The van der Waals surface area contributed by atoms with Crippen LogP contribution in [0.15, 0.2) is 72.2 Å². The van der Waals surface area contributed by atoms with Crippen LogP contribution >= 0.6 is 35.2 Å². The van der Waals surface area contributed by atoms with Crippen molar-refractivity contribution in [3.05, 3.63) is 94.1 Å². The van der Waals surface area contributed by atoms with Gasteiger partial charge in [0, 0.05) is 45.0 Å². The summed E-state index contributed by atoms with van der Waals surface area (Å²) in [5.41, 5.74) is 4.62. The maximum atomic E-state index is 13.9. The number of benzene rings is 3. The van der Waals surface area contributed by atoms with Crippen molar-refractivity contribution in [2.75, 3.05) is 49.4 Å². The van der Waals surface area contributed by atoms with E-state index < -0.39 is 41.0 Å². The normalized spacial score (nSPS) is 17.3. The summed E-state index contributed by atoms with van der Waals surface area (Å²) in [5.74, 6) is -0.771. The van der Waals surface area contributed by atoms with E-state index in [0.717, 1.165) is 46.6 Å². The van der Waals surface area contributed by atoms with Crippen LogP contribution < -0.4 is 25.2 Å². The van der Waals surface area contributed by atoms with Crippen LogP contribution in [0.4, 0.5) is 11.4 Å². The molecule has 15 nitrogen and oxygen atoms in total. The van der Waals surface area contributed by atoms with Crippen molar-refractivity contribution in [1.29, 1.82) is 5.26 Å². The average molecular weight is 987 g/mol. The predicted octanol–water partition coefficient (Wildman–Crippen LogP) is 7.34. The Morgan fingerprint density at radius 1 is 0.985 bits per heavy atom. The lowest BCUT2D eigenvalue weighted by atomic mass is 9.85. The van der Waals surface area contributed by atoms with E-state index in [4.69, 9.17) is 38.0 Å². The molecule has 68 heavy (non-hydrogen) atoms. The van der Waals surface area contributed by atoms with Crippen LogP contribution in [0.2, 0.25) is 5.02 Å². The molecule has 3 aromatic carbocycles. The first kappa shape index (κ1) is 51.9. The summed E-state index contributed by atoms with van der Waals surface area (Å²) in [6.45, 7) is 13.0. The topological polar surface area (TPSA) is 187 Å². The number of nitrogens with zero attached hydrogens (tertiary/aromatic N) is 5. The number of nitriles is 1. The monoisotopic (exact) mass is 985 g/mol. The Bertz CT molecular complexity index is 2470. The zero-order valence-corrected chi connectivity index (χ0v) is 41.8. The highest BCUT2D eigenvalue weighted by atomic mass is 35.5. The molecule has 18 heteroatoms. The molecule has 0 bridgehead atoms. The highest BCUT2D eigenvalue weighted by Crippen LogP contribution is 2.38. The third-order valence-electron chi connectivity index (χ3n) is 11.8. The number of aliphatic hydroxyl groups excluding tert-OH is 1. The number of halogens is 1. The molecule has 3 heterocycles. The number of rotatable bonds is 21. The van der Waals surface area contributed by atoms with Crippen molar-refractivity contribution in [2.45, 2.75) is 104 Å². The lowest BCUT2D eigenvalue weighted by Crippen LogP contribution is -2.58. The van der Waals surface area contributed by atoms with Crippen LogP contribution in [-0.4, -0.2) is 107 Å². The molecule has 0 spiro atoms. The van der Waals surface area contributed by atoms with Gasteiger partial charge in [-0.15, -0.1) is 11.3 Å². The molecular formula is C50H60ClN7O8S2. The van der Waals surface area contributed by atoms with E-state index in [9.17, 15) is 29.5 Å². The van der Waals surface area contributed by atoms with E-state index in [-0.39, 0.29) is 43.0 Å². The fraction of sp³-hybridized carbons (Fsp3) is 0.460.